The molecule has 0 N–H and O–H groups in total. The minimum absolute atomic E-state index is 0.0732. The monoisotopic (exact) mass is 546 g/mol. The maximum absolute atomic E-state index is 5.81. The summed E-state index contributed by atoms with van der Waals surface area (Å²) in [5.41, 5.74) is 8.94. The van der Waals surface area contributed by atoms with Crippen LogP contribution in [0.3, 0.4) is 0 Å². The first-order chi connectivity index (χ1) is 20.0. The highest BCUT2D eigenvalue weighted by Crippen LogP contribution is 2.41. The molecule has 0 aliphatic carbocycles. The van der Waals surface area contributed by atoms with E-state index in [4.69, 9.17) is 14.7 Å². The van der Waals surface area contributed by atoms with E-state index in [2.05, 4.69) is 88.6 Å². The standard InChI is InChI=1S/C32H34N8O/c1-20(2)39-19-25(18-34-39)27-11-10-26-29-28(16-24(17-33-29)30-21(3)36-37-38(30)4)40(32(26)35-27)31(22-8-6-5-7-9-22)23-12-14-41-15-13-23/h5-11,16-20,23,31H,12-15H2,1-4H3/t31-/m1/s1. The Morgan fingerprint density at radius 2 is 1.78 bits per heavy atom. The van der Waals surface area contributed by atoms with E-state index >= 15 is 0 Å². The molecule has 1 atom stereocenters. The zero-order chi connectivity index (χ0) is 28.1. The smallest absolute Gasteiger partial charge is 0.143 e. The lowest BCUT2D eigenvalue weighted by Gasteiger charge is -2.32. The summed E-state index contributed by atoms with van der Waals surface area (Å²) in [4.78, 5) is 10.4. The van der Waals surface area contributed by atoms with E-state index in [1.807, 2.05) is 35.7 Å². The fraction of sp³-hybridized carbons (Fsp3) is 0.344. The second-order valence-electron chi connectivity index (χ2n) is 11.3. The quantitative estimate of drug-likeness (QED) is 0.249. The van der Waals surface area contributed by atoms with Crippen molar-refractivity contribution in [1.29, 1.82) is 0 Å². The molecule has 41 heavy (non-hydrogen) atoms. The number of nitrogens with zero attached hydrogens (tertiary/aromatic N) is 8. The van der Waals surface area contributed by atoms with Crippen LogP contribution in [0.1, 0.15) is 50.0 Å². The Bertz CT molecular complexity index is 1820. The van der Waals surface area contributed by atoms with Gasteiger partial charge < -0.3 is 9.30 Å². The highest BCUT2D eigenvalue weighted by atomic mass is 16.5. The topological polar surface area (TPSA) is 88.5 Å². The molecule has 5 aromatic heterocycles. The molecule has 6 aromatic rings. The van der Waals surface area contributed by atoms with E-state index in [0.717, 1.165) is 76.3 Å². The van der Waals surface area contributed by atoms with Crippen molar-refractivity contribution in [1.82, 2.24) is 39.3 Å². The minimum atomic E-state index is 0.0732. The number of ether oxygens (including phenoxy) is 1. The molecule has 0 bridgehead atoms. The molecule has 1 aliphatic rings. The molecule has 1 aliphatic heterocycles. The Labute approximate surface area is 238 Å². The fourth-order valence-electron chi connectivity index (χ4n) is 6.27. The number of benzene rings is 1. The molecule has 208 valence electrons. The molecule has 1 aromatic carbocycles. The number of aromatic nitrogens is 8. The molecule has 9 heteroatoms. The van der Waals surface area contributed by atoms with E-state index in [-0.39, 0.29) is 12.1 Å². The molecule has 0 radical (unpaired) electrons. The van der Waals surface area contributed by atoms with Crippen molar-refractivity contribution < 1.29 is 4.74 Å². The molecular formula is C32H34N8O. The maximum atomic E-state index is 5.81. The molecule has 1 fully saturated rings. The van der Waals surface area contributed by atoms with Crippen LogP contribution in [0.4, 0.5) is 0 Å². The summed E-state index contributed by atoms with van der Waals surface area (Å²) in [5.74, 6) is 0.392. The SMILES string of the molecule is Cc1nnn(C)c1-c1cnc2c3ccc(-c4cnn(C(C)C)c4)nc3n([C@H](c3ccccc3)C3CCOCC3)c2c1. The van der Waals surface area contributed by atoms with Gasteiger partial charge in [0.25, 0.3) is 0 Å². The first kappa shape index (κ1) is 25.6. The van der Waals surface area contributed by atoms with Crippen molar-refractivity contribution in [2.45, 2.75) is 45.7 Å². The lowest BCUT2D eigenvalue weighted by molar-refractivity contribution is 0.0552. The van der Waals surface area contributed by atoms with Gasteiger partial charge in [-0.25, -0.2) is 9.67 Å². The lowest BCUT2D eigenvalue weighted by Crippen LogP contribution is -2.27. The summed E-state index contributed by atoms with van der Waals surface area (Å²) in [6.45, 7) is 7.78. The largest absolute Gasteiger partial charge is 0.381 e. The first-order valence-corrected chi connectivity index (χ1v) is 14.3. The van der Waals surface area contributed by atoms with Crippen molar-refractivity contribution in [2.24, 2.45) is 13.0 Å². The van der Waals surface area contributed by atoms with Gasteiger partial charge in [0.15, 0.2) is 0 Å². The number of rotatable bonds is 6. The highest BCUT2D eigenvalue weighted by Gasteiger charge is 2.31. The average molecular weight is 547 g/mol. The van der Waals surface area contributed by atoms with Crippen LogP contribution in [-0.4, -0.2) is 52.5 Å². The number of fused-ring (bicyclic) bond motifs is 3. The fourth-order valence-corrected chi connectivity index (χ4v) is 6.27. The molecule has 7 rings (SSSR count). The summed E-state index contributed by atoms with van der Waals surface area (Å²) < 4.78 is 12.0. The molecule has 1 saturated heterocycles. The molecular weight excluding hydrogens is 512 g/mol. The zero-order valence-electron chi connectivity index (χ0n) is 23.9. The van der Waals surface area contributed by atoms with Gasteiger partial charge >= 0.3 is 0 Å². The Morgan fingerprint density at radius 3 is 2.49 bits per heavy atom. The highest BCUT2D eigenvalue weighted by molar-refractivity contribution is 6.06. The number of hydrogen-bond acceptors (Lipinski definition) is 6. The Morgan fingerprint density at radius 1 is 0.976 bits per heavy atom. The minimum Gasteiger partial charge on any atom is -0.381 e. The van der Waals surface area contributed by atoms with Gasteiger partial charge in [-0.3, -0.25) is 9.67 Å². The van der Waals surface area contributed by atoms with Gasteiger partial charge in [0.1, 0.15) is 5.65 Å². The van der Waals surface area contributed by atoms with Gasteiger partial charge in [-0.15, -0.1) is 5.10 Å². The van der Waals surface area contributed by atoms with E-state index in [9.17, 15) is 0 Å². The average Bonchev–Trinajstić information content (AvgIpc) is 3.70. The van der Waals surface area contributed by atoms with Crippen LogP contribution < -0.4 is 0 Å². The van der Waals surface area contributed by atoms with Gasteiger partial charge in [0.05, 0.1) is 40.4 Å². The molecule has 0 unspecified atom stereocenters. The van der Waals surface area contributed by atoms with Crippen molar-refractivity contribution in [3.63, 3.8) is 0 Å². The predicted molar refractivity (Wildman–Crippen MR) is 159 cm³/mol. The summed E-state index contributed by atoms with van der Waals surface area (Å²) in [6, 6.07) is 17.7. The van der Waals surface area contributed by atoms with Crippen LogP contribution in [0.5, 0.6) is 0 Å². The number of hydrogen-bond donors (Lipinski definition) is 0. The lowest BCUT2D eigenvalue weighted by atomic mass is 9.86. The van der Waals surface area contributed by atoms with Gasteiger partial charge in [0.2, 0.25) is 0 Å². The second kappa shape index (κ2) is 10.2. The van der Waals surface area contributed by atoms with Crippen LogP contribution in [-0.2, 0) is 11.8 Å². The number of aryl methyl sites for hydroxylation is 2. The second-order valence-corrected chi connectivity index (χ2v) is 11.3. The third-order valence-electron chi connectivity index (χ3n) is 8.31. The predicted octanol–water partition coefficient (Wildman–Crippen LogP) is 6.15. The summed E-state index contributed by atoms with van der Waals surface area (Å²) in [5, 5.41) is 14.2. The van der Waals surface area contributed by atoms with E-state index in [1.165, 1.54) is 5.56 Å². The maximum Gasteiger partial charge on any atom is 0.143 e. The molecule has 0 amide bonds. The number of pyridine rings is 2. The van der Waals surface area contributed by atoms with Crippen molar-refractivity contribution >= 4 is 22.1 Å². The van der Waals surface area contributed by atoms with Crippen molar-refractivity contribution in [3.8, 4) is 22.5 Å². The van der Waals surface area contributed by atoms with E-state index in [1.54, 1.807) is 0 Å². The van der Waals surface area contributed by atoms with Crippen LogP contribution >= 0.6 is 0 Å². The third kappa shape index (κ3) is 4.41. The van der Waals surface area contributed by atoms with Gasteiger partial charge in [-0.2, -0.15) is 5.10 Å². The van der Waals surface area contributed by atoms with E-state index in [0.29, 0.717) is 5.92 Å². The van der Waals surface area contributed by atoms with Crippen molar-refractivity contribution in [2.75, 3.05) is 13.2 Å². The molecule has 9 nitrogen and oxygen atoms in total. The molecule has 0 spiro atoms. The summed E-state index contributed by atoms with van der Waals surface area (Å²) in [6.07, 6.45) is 7.89. The molecule has 6 heterocycles. The van der Waals surface area contributed by atoms with E-state index < -0.39 is 0 Å². The van der Waals surface area contributed by atoms with Gasteiger partial charge in [-0.05, 0) is 63.3 Å². The van der Waals surface area contributed by atoms with Crippen LogP contribution in [0.15, 0.2) is 67.1 Å². The Balaban J connectivity index is 1.52. The van der Waals surface area contributed by atoms with Gasteiger partial charge in [0, 0.05) is 55.2 Å². The molecule has 0 saturated carbocycles. The van der Waals surface area contributed by atoms with Gasteiger partial charge in [-0.1, -0.05) is 35.5 Å². The summed E-state index contributed by atoms with van der Waals surface area (Å²) in [7, 11) is 1.93. The summed E-state index contributed by atoms with van der Waals surface area (Å²) >= 11 is 0. The Hall–Kier alpha value is -4.37. The Kier molecular flexibility index (Phi) is 6.38. The first-order valence-electron chi connectivity index (χ1n) is 14.3. The normalized spacial score (nSPS) is 15.3. The zero-order valence-corrected chi connectivity index (χ0v) is 23.9. The van der Waals surface area contributed by atoms with Crippen molar-refractivity contribution in [3.05, 3.63) is 78.4 Å². The van der Waals surface area contributed by atoms with Crippen LogP contribution in [0.25, 0.3) is 44.6 Å². The third-order valence-corrected chi connectivity index (χ3v) is 8.31. The van der Waals surface area contributed by atoms with Crippen LogP contribution in [0.2, 0.25) is 0 Å². The van der Waals surface area contributed by atoms with Crippen LogP contribution in [0, 0.1) is 12.8 Å².